The zero-order valence-electron chi connectivity index (χ0n) is 21.6. The molecule has 0 spiro atoms. The molecule has 2 aliphatic carbocycles. The van der Waals surface area contributed by atoms with Gasteiger partial charge < -0.3 is 5.11 Å². The Hall–Kier alpha value is -0.0900. The van der Waals surface area contributed by atoms with E-state index in [-0.39, 0.29) is 0 Å². The van der Waals surface area contributed by atoms with E-state index in [4.69, 9.17) is 0 Å². The minimum atomic E-state index is -0.527. The van der Waals surface area contributed by atoms with E-state index in [9.17, 15) is 5.11 Å². The zero-order chi connectivity index (χ0) is 23.7. The second kappa shape index (κ2) is 13.6. The summed E-state index contributed by atoms with van der Waals surface area (Å²) >= 11 is 2.59. The van der Waals surface area contributed by atoms with Crippen LogP contribution in [0.4, 0.5) is 0 Å². The first-order valence-corrected chi connectivity index (χ1v) is 14.2. The molecule has 5 unspecified atom stereocenters. The van der Waals surface area contributed by atoms with E-state index < -0.39 is 5.60 Å². The van der Waals surface area contributed by atoms with Crippen molar-refractivity contribution < 1.29 is 5.11 Å². The van der Waals surface area contributed by atoms with Gasteiger partial charge in [0.05, 0.1) is 5.60 Å². The first-order chi connectivity index (χ1) is 14.6. The summed E-state index contributed by atoms with van der Waals surface area (Å²) in [4.78, 5) is 0. The van der Waals surface area contributed by atoms with E-state index in [1.54, 1.807) is 0 Å². The Balaban J connectivity index is 0.00000233. The van der Waals surface area contributed by atoms with Gasteiger partial charge in [0.2, 0.25) is 0 Å². The lowest BCUT2D eigenvalue weighted by Gasteiger charge is -2.39. The third-order valence-corrected chi connectivity index (χ3v) is 8.77. The highest BCUT2D eigenvalue weighted by Gasteiger charge is 2.46. The predicted octanol–water partition coefficient (Wildman–Crippen LogP) is 9.45. The van der Waals surface area contributed by atoms with Crippen LogP contribution in [0.2, 0.25) is 0 Å². The Kier molecular flexibility index (Phi) is 12.7. The normalized spacial score (nSPS) is 31.7. The van der Waals surface area contributed by atoms with E-state index in [0.29, 0.717) is 11.3 Å². The van der Waals surface area contributed by atoms with Crippen LogP contribution in [-0.4, -0.2) is 14.6 Å². The van der Waals surface area contributed by atoms with Gasteiger partial charge in [0.1, 0.15) is 0 Å². The van der Waals surface area contributed by atoms with E-state index in [1.165, 1.54) is 56.1 Å². The molecule has 0 radical (unpaired) electrons. The summed E-state index contributed by atoms with van der Waals surface area (Å²) in [6, 6.07) is 0. The standard InChI is InChI=1S/C27H45IO.C2H6/c1-7-17-27(6)23(12-8-11-22-19-24(28)15-13-20(22)2)14-16-25(27)21(3)10-9-18-26(4,5)29;1-2/h8,11-12,21,23-25,29H,2,7,9-10,13-19H2,1,3-6H3;1-2H3/b12-8+,22-11-;. The lowest BCUT2D eigenvalue weighted by atomic mass is 9.66. The van der Waals surface area contributed by atoms with Gasteiger partial charge >= 0.3 is 0 Å². The van der Waals surface area contributed by atoms with E-state index >= 15 is 0 Å². The molecule has 2 fully saturated rings. The number of aliphatic hydroxyl groups is 1. The smallest absolute Gasteiger partial charge is 0.0591 e. The minimum Gasteiger partial charge on any atom is -0.390 e. The van der Waals surface area contributed by atoms with Crippen LogP contribution in [0.5, 0.6) is 0 Å². The van der Waals surface area contributed by atoms with Gasteiger partial charge in [-0.2, -0.15) is 0 Å². The fourth-order valence-electron chi connectivity index (χ4n) is 5.98. The average molecular weight is 543 g/mol. The largest absolute Gasteiger partial charge is 0.390 e. The SMILES string of the molecule is C=C1CCC(I)C/C1=C/C=C/C1CCC(C(C)CCCC(C)(C)O)C1(C)CCC.CC. The Labute approximate surface area is 208 Å². The highest BCUT2D eigenvalue weighted by molar-refractivity contribution is 14.1. The third kappa shape index (κ3) is 8.99. The second-order valence-electron chi connectivity index (χ2n) is 10.7. The summed E-state index contributed by atoms with van der Waals surface area (Å²) in [5.74, 6) is 2.23. The van der Waals surface area contributed by atoms with Gasteiger partial charge in [0, 0.05) is 3.92 Å². The summed E-state index contributed by atoms with van der Waals surface area (Å²) in [6.45, 7) is 19.5. The van der Waals surface area contributed by atoms with Crippen LogP contribution in [0.15, 0.2) is 36.0 Å². The van der Waals surface area contributed by atoms with Crippen molar-refractivity contribution in [1.29, 1.82) is 0 Å². The number of hydrogen-bond acceptors (Lipinski definition) is 1. The maximum Gasteiger partial charge on any atom is 0.0591 e. The molecule has 0 aromatic rings. The summed E-state index contributed by atoms with van der Waals surface area (Å²) in [6.07, 6.45) is 19.4. The van der Waals surface area contributed by atoms with E-state index in [2.05, 4.69) is 68.2 Å². The van der Waals surface area contributed by atoms with Crippen LogP contribution >= 0.6 is 22.6 Å². The van der Waals surface area contributed by atoms with Gasteiger partial charge in [-0.25, -0.2) is 0 Å². The monoisotopic (exact) mass is 542 g/mol. The molecule has 0 amide bonds. The van der Waals surface area contributed by atoms with Crippen molar-refractivity contribution >= 4 is 22.6 Å². The van der Waals surface area contributed by atoms with Crippen molar-refractivity contribution in [2.75, 3.05) is 0 Å². The molecule has 2 heteroatoms. The Morgan fingerprint density at radius 3 is 2.55 bits per heavy atom. The second-order valence-corrected chi connectivity index (χ2v) is 12.5. The molecule has 0 aliphatic heterocycles. The van der Waals surface area contributed by atoms with Crippen molar-refractivity contribution in [1.82, 2.24) is 0 Å². The summed E-state index contributed by atoms with van der Waals surface area (Å²) in [5.41, 5.74) is 2.70. The van der Waals surface area contributed by atoms with Crippen molar-refractivity contribution in [3.8, 4) is 0 Å². The lowest BCUT2D eigenvalue weighted by Crippen LogP contribution is -2.32. The van der Waals surface area contributed by atoms with Crippen LogP contribution in [0, 0.1) is 23.2 Å². The molecule has 0 aromatic carbocycles. The molecule has 0 aromatic heterocycles. The van der Waals surface area contributed by atoms with Crippen LogP contribution in [0.1, 0.15) is 113 Å². The number of rotatable bonds is 9. The quantitative estimate of drug-likeness (QED) is 0.227. The average Bonchev–Trinajstić information content (AvgIpc) is 3.01. The minimum absolute atomic E-state index is 0.410. The molecule has 180 valence electrons. The van der Waals surface area contributed by atoms with Crippen LogP contribution in [0.25, 0.3) is 0 Å². The summed E-state index contributed by atoms with van der Waals surface area (Å²) < 4.78 is 0.767. The molecule has 0 saturated heterocycles. The maximum absolute atomic E-state index is 10.0. The fourth-order valence-corrected chi connectivity index (χ4v) is 6.77. The third-order valence-electron chi connectivity index (χ3n) is 7.70. The van der Waals surface area contributed by atoms with Gasteiger partial charge in [-0.05, 0) is 87.5 Å². The number of alkyl halides is 1. The highest BCUT2D eigenvalue weighted by atomic mass is 127. The molecule has 2 aliphatic rings. The van der Waals surface area contributed by atoms with E-state index in [0.717, 1.165) is 35.0 Å². The van der Waals surface area contributed by atoms with Crippen LogP contribution in [-0.2, 0) is 0 Å². The zero-order valence-corrected chi connectivity index (χ0v) is 23.8. The van der Waals surface area contributed by atoms with Gasteiger partial charge in [-0.15, -0.1) is 0 Å². The molecule has 5 atom stereocenters. The highest BCUT2D eigenvalue weighted by Crippen LogP contribution is 2.55. The van der Waals surface area contributed by atoms with Crippen molar-refractivity contribution in [2.45, 2.75) is 122 Å². The number of hydrogen-bond donors (Lipinski definition) is 1. The Bertz CT molecular complexity index is 596. The topological polar surface area (TPSA) is 20.2 Å². The van der Waals surface area contributed by atoms with Crippen molar-refractivity contribution in [2.24, 2.45) is 23.2 Å². The molecule has 2 rings (SSSR count). The first kappa shape index (κ1) is 28.9. The predicted molar refractivity (Wildman–Crippen MR) is 148 cm³/mol. The summed E-state index contributed by atoms with van der Waals surface area (Å²) in [7, 11) is 0. The van der Waals surface area contributed by atoms with Crippen LogP contribution < -0.4 is 0 Å². The molecule has 31 heavy (non-hydrogen) atoms. The number of allylic oxidation sites excluding steroid dienone is 5. The fraction of sp³-hybridized carbons (Fsp3) is 0.793. The molecular weight excluding hydrogens is 491 g/mol. The Morgan fingerprint density at radius 2 is 1.94 bits per heavy atom. The maximum atomic E-state index is 10.0. The molecule has 0 heterocycles. The van der Waals surface area contributed by atoms with E-state index in [1.807, 2.05) is 27.7 Å². The van der Waals surface area contributed by atoms with Crippen molar-refractivity contribution in [3.63, 3.8) is 0 Å². The number of halogens is 1. The van der Waals surface area contributed by atoms with Crippen LogP contribution in [0.3, 0.4) is 0 Å². The molecule has 0 bridgehead atoms. The van der Waals surface area contributed by atoms with Gasteiger partial charge in [0.25, 0.3) is 0 Å². The Morgan fingerprint density at radius 1 is 1.26 bits per heavy atom. The summed E-state index contributed by atoms with van der Waals surface area (Å²) in [5, 5.41) is 10.0. The molecular formula is C29H51IO. The van der Waals surface area contributed by atoms with Crippen molar-refractivity contribution in [3.05, 3.63) is 36.0 Å². The lowest BCUT2D eigenvalue weighted by molar-refractivity contribution is 0.0619. The molecule has 2 saturated carbocycles. The van der Waals surface area contributed by atoms with Gasteiger partial charge in [0.15, 0.2) is 0 Å². The molecule has 1 nitrogen and oxygen atoms in total. The van der Waals surface area contributed by atoms with Gasteiger partial charge in [-0.1, -0.05) is 107 Å². The molecule has 1 N–H and O–H groups in total. The van der Waals surface area contributed by atoms with Gasteiger partial charge in [-0.3, -0.25) is 0 Å². The first-order valence-electron chi connectivity index (χ1n) is 13.0.